The van der Waals surface area contributed by atoms with Gasteiger partial charge in [0.25, 0.3) is 5.91 Å². The predicted octanol–water partition coefficient (Wildman–Crippen LogP) is 0.452. The third-order valence-corrected chi connectivity index (χ3v) is 2.58. The summed E-state index contributed by atoms with van der Waals surface area (Å²) >= 11 is 0. The summed E-state index contributed by atoms with van der Waals surface area (Å²) in [6.07, 6.45) is 0. The highest BCUT2D eigenvalue weighted by atomic mass is 16.5. The number of aromatic nitrogens is 3. The number of nitrogens with zero attached hydrogens (tertiary/aromatic N) is 4. The van der Waals surface area contributed by atoms with Crippen molar-refractivity contribution in [2.75, 3.05) is 6.61 Å². The maximum absolute atomic E-state index is 11.7. The van der Waals surface area contributed by atoms with Gasteiger partial charge < -0.3 is 4.74 Å². The van der Waals surface area contributed by atoms with Crippen LogP contribution in [0.15, 0.2) is 29.4 Å². The van der Waals surface area contributed by atoms with E-state index in [9.17, 15) is 4.79 Å². The molecule has 1 aliphatic heterocycles. The number of carbonyl (C=O) groups is 1. The number of fused-ring (bicyclic) bond motifs is 1. The van der Waals surface area contributed by atoms with Gasteiger partial charge in [-0.1, -0.05) is 12.1 Å². The lowest BCUT2D eigenvalue weighted by atomic mass is 10.3. The highest BCUT2D eigenvalue weighted by molar-refractivity contribution is 6.06. The van der Waals surface area contributed by atoms with Gasteiger partial charge >= 0.3 is 0 Å². The first-order chi connectivity index (χ1) is 8.79. The quantitative estimate of drug-likeness (QED) is 0.833. The van der Waals surface area contributed by atoms with Gasteiger partial charge in [0.2, 0.25) is 11.9 Å². The summed E-state index contributed by atoms with van der Waals surface area (Å²) in [5.74, 6) is 0.00145. The third-order valence-electron chi connectivity index (χ3n) is 2.58. The Balaban J connectivity index is 2.02. The van der Waals surface area contributed by atoms with Crippen LogP contribution >= 0.6 is 0 Å². The van der Waals surface area contributed by atoms with Crippen LogP contribution in [0.4, 0.5) is 0 Å². The van der Waals surface area contributed by atoms with Gasteiger partial charge in [-0.15, -0.1) is 5.10 Å². The number of rotatable bonds is 2. The minimum atomic E-state index is -0.725. The molecule has 1 amide bonds. The van der Waals surface area contributed by atoms with E-state index in [-0.39, 0.29) is 5.91 Å². The Kier molecular flexibility index (Phi) is 2.44. The maximum atomic E-state index is 11.7. The van der Waals surface area contributed by atoms with Crippen molar-refractivity contribution in [1.29, 1.82) is 0 Å². The van der Waals surface area contributed by atoms with Crippen LogP contribution in [-0.2, 0) is 9.53 Å². The molecule has 7 nitrogen and oxygen atoms in total. The lowest BCUT2D eigenvalue weighted by Crippen LogP contribution is -2.29. The van der Waals surface area contributed by atoms with Crippen molar-refractivity contribution < 1.29 is 9.53 Å². The number of amides is 1. The Morgan fingerprint density at radius 3 is 2.61 bits per heavy atom. The van der Waals surface area contributed by atoms with E-state index in [1.165, 1.54) is 4.80 Å². The molecule has 0 saturated carbocycles. The molecule has 1 atom stereocenters. The van der Waals surface area contributed by atoms with Crippen LogP contribution in [0.25, 0.3) is 11.0 Å². The molecule has 7 heteroatoms. The van der Waals surface area contributed by atoms with Gasteiger partial charge in [-0.25, -0.2) is 5.43 Å². The van der Waals surface area contributed by atoms with E-state index in [4.69, 9.17) is 4.74 Å². The van der Waals surface area contributed by atoms with Gasteiger partial charge in [0.1, 0.15) is 11.0 Å². The van der Waals surface area contributed by atoms with Crippen LogP contribution in [0.1, 0.15) is 13.0 Å². The average Bonchev–Trinajstić information content (AvgIpc) is 2.93. The zero-order valence-corrected chi connectivity index (χ0v) is 9.70. The fraction of sp³-hybridized carbons (Fsp3) is 0.273. The molecule has 1 unspecified atom stereocenters. The Morgan fingerprint density at radius 2 is 2.00 bits per heavy atom. The van der Waals surface area contributed by atoms with E-state index in [0.717, 1.165) is 11.0 Å². The number of hydrogen-bond donors (Lipinski definition) is 1. The molecule has 0 aliphatic carbocycles. The summed E-state index contributed by atoms with van der Waals surface area (Å²) in [5.41, 5.74) is 3.83. The Bertz CT molecular complexity index is 600. The molecule has 18 heavy (non-hydrogen) atoms. The van der Waals surface area contributed by atoms with Crippen LogP contribution in [0.5, 0.6) is 0 Å². The lowest BCUT2D eigenvalue weighted by Gasteiger charge is -2.08. The van der Waals surface area contributed by atoms with E-state index < -0.39 is 6.04 Å². The van der Waals surface area contributed by atoms with Crippen LogP contribution in [0.2, 0.25) is 0 Å². The number of carbonyl (C=O) groups excluding carboxylic acids is 1. The molecule has 0 spiro atoms. The van der Waals surface area contributed by atoms with Crippen LogP contribution in [0.3, 0.4) is 0 Å². The molecule has 1 aromatic heterocycles. The van der Waals surface area contributed by atoms with E-state index in [0.29, 0.717) is 12.5 Å². The summed E-state index contributed by atoms with van der Waals surface area (Å²) in [6.45, 7) is 2.26. The molecule has 0 bridgehead atoms. The Morgan fingerprint density at radius 1 is 1.33 bits per heavy atom. The molecule has 0 radical (unpaired) electrons. The molecule has 2 aromatic rings. The number of hydrazone groups is 1. The molecule has 1 aromatic carbocycles. The van der Waals surface area contributed by atoms with E-state index in [1.54, 1.807) is 0 Å². The third kappa shape index (κ3) is 1.60. The van der Waals surface area contributed by atoms with Crippen molar-refractivity contribution in [2.24, 2.45) is 5.10 Å². The van der Waals surface area contributed by atoms with Crippen LogP contribution in [-0.4, -0.2) is 33.4 Å². The van der Waals surface area contributed by atoms with Crippen LogP contribution < -0.4 is 5.43 Å². The molecule has 1 N–H and O–H groups in total. The standard InChI is InChI=1S/C11H11N5O2/c1-2-18-11-9(10(17)12-13-11)16-14-7-5-3-4-6-8(7)15-16/h3-6,9H,2H2,1H3,(H,12,17). The molecular weight excluding hydrogens is 234 g/mol. The molecule has 1 aliphatic rings. The summed E-state index contributed by atoms with van der Waals surface area (Å²) in [6, 6.07) is 6.69. The number of hydrogen-bond acceptors (Lipinski definition) is 5. The molecule has 2 heterocycles. The van der Waals surface area contributed by atoms with Gasteiger partial charge in [0, 0.05) is 0 Å². The SMILES string of the molecule is CCOC1=NNC(=O)C1n1nc2ccccc2n1. The molecule has 0 fully saturated rings. The van der Waals surface area contributed by atoms with Crippen molar-refractivity contribution >= 4 is 22.8 Å². The summed E-state index contributed by atoms with van der Waals surface area (Å²) < 4.78 is 5.30. The zero-order chi connectivity index (χ0) is 12.5. The summed E-state index contributed by atoms with van der Waals surface area (Å²) in [7, 11) is 0. The summed E-state index contributed by atoms with van der Waals surface area (Å²) in [4.78, 5) is 13.1. The first-order valence-corrected chi connectivity index (χ1v) is 5.61. The fourth-order valence-corrected chi connectivity index (χ4v) is 1.80. The van der Waals surface area contributed by atoms with Gasteiger partial charge in [-0.3, -0.25) is 4.79 Å². The fourth-order valence-electron chi connectivity index (χ4n) is 1.80. The van der Waals surface area contributed by atoms with Gasteiger partial charge in [-0.05, 0) is 19.1 Å². The minimum absolute atomic E-state index is 0.293. The number of benzene rings is 1. The first-order valence-electron chi connectivity index (χ1n) is 5.61. The van der Waals surface area contributed by atoms with E-state index in [1.807, 2.05) is 31.2 Å². The second-order valence-corrected chi connectivity index (χ2v) is 3.77. The highest BCUT2D eigenvalue weighted by Crippen LogP contribution is 2.16. The molecule has 0 saturated heterocycles. The van der Waals surface area contributed by atoms with Crippen molar-refractivity contribution in [3.63, 3.8) is 0 Å². The second-order valence-electron chi connectivity index (χ2n) is 3.77. The van der Waals surface area contributed by atoms with Crippen molar-refractivity contribution in [2.45, 2.75) is 13.0 Å². The van der Waals surface area contributed by atoms with Crippen LogP contribution in [0, 0.1) is 0 Å². The minimum Gasteiger partial charge on any atom is -0.478 e. The van der Waals surface area contributed by atoms with Crippen molar-refractivity contribution in [3.05, 3.63) is 24.3 Å². The number of nitrogens with one attached hydrogen (secondary N) is 1. The smallest absolute Gasteiger partial charge is 0.276 e. The maximum Gasteiger partial charge on any atom is 0.276 e. The van der Waals surface area contributed by atoms with Gasteiger partial charge in [0.05, 0.1) is 6.61 Å². The predicted molar refractivity (Wildman–Crippen MR) is 63.8 cm³/mol. The molecular formula is C11H11N5O2. The second kappa shape index (κ2) is 4.10. The van der Waals surface area contributed by atoms with Crippen molar-refractivity contribution in [3.8, 4) is 0 Å². The van der Waals surface area contributed by atoms with Gasteiger partial charge in [-0.2, -0.15) is 15.0 Å². The Labute approximate surface area is 102 Å². The average molecular weight is 245 g/mol. The van der Waals surface area contributed by atoms with E-state index >= 15 is 0 Å². The molecule has 92 valence electrons. The largest absolute Gasteiger partial charge is 0.478 e. The van der Waals surface area contributed by atoms with E-state index in [2.05, 4.69) is 20.7 Å². The topological polar surface area (TPSA) is 81.4 Å². The highest BCUT2D eigenvalue weighted by Gasteiger charge is 2.35. The monoisotopic (exact) mass is 245 g/mol. The normalized spacial score (nSPS) is 18.8. The summed E-state index contributed by atoms with van der Waals surface area (Å²) in [5, 5.41) is 12.4. The number of ether oxygens (including phenoxy) is 1. The molecule has 3 rings (SSSR count). The zero-order valence-electron chi connectivity index (χ0n) is 9.70. The van der Waals surface area contributed by atoms with Gasteiger partial charge in [0.15, 0.2) is 0 Å². The first kappa shape index (κ1) is 10.7. The van der Waals surface area contributed by atoms with Crippen molar-refractivity contribution in [1.82, 2.24) is 20.4 Å². The lowest BCUT2D eigenvalue weighted by molar-refractivity contribution is -0.122. The Hall–Kier alpha value is -2.44.